The van der Waals surface area contributed by atoms with Gasteiger partial charge in [0.05, 0.1) is 5.92 Å². The van der Waals surface area contributed by atoms with Gasteiger partial charge in [-0.2, -0.15) is 0 Å². The van der Waals surface area contributed by atoms with Crippen molar-refractivity contribution >= 4 is 17.6 Å². The fourth-order valence-corrected chi connectivity index (χ4v) is 1.72. The molecule has 0 aromatic heterocycles. The van der Waals surface area contributed by atoms with Gasteiger partial charge in [0.25, 0.3) is 0 Å². The van der Waals surface area contributed by atoms with Crippen molar-refractivity contribution in [2.75, 3.05) is 6.54 Å². The summed E-state index contributed by atoms with van der Waals surface area (Å²) in [6, 6.07) is 0. The number of ketones is 1. The van der Waals surface area contributed by atoms with Gasteiger partial charge >= 0.3 is 0 Å². The van der Waals surface area contributed by atoms with E-state index < -0.39 is 5.92 Å². The fraction of sp³-hybridized carbons (Fsp3) is 0.700. The number of amides is 2. The van der Waals surface area contributed by atoms with Crippen LogP contribution in [0.3, 0.4) is 0 Å². The van der Waals surface area contributed by atoms with Gasteiger partial charge in [0.1, 0.15) is 5.78 Å². The van der Waals surface area contributed by atoms with Crippen LogP contribution in [0.25, 0.3) is 0 Å². The predicted molar refractivity (Wildman–Crippen MR) is 50.4 cm³/mol. The molecule has 0 radical (unpaired) electrons. The minimum absolute atomic E-state index is 0.0329. The topological polar surface area (TPSA) is 54.5 Å². The maximum Gasteiger partial charge on any atom is 0.233 e. The van der Waals surface area contributed by atoms with Gasteiger partial charge in [-0.25, -0.2) is 0 Å². The first kappa shape index (κ1) is 10.9. The molecule has 4 nitrogen and oxygen atoms in total. The van der Waals surface area contributed by atoms with Gasteiger partial charge in [-0.1, -0.05) is 6.92 Å². The number of hydrogen-bond donors (Lipinski definition) is 0. The zero-order valence-corrected chi connectivity index (χ0v) is 8.58. The summed E-state index contributed by atoms with van der Waals surface area (Å²) in [7, 11) is 0. The fourth-order valence-electron chi connectivity index (χ4n) is 1.72. The van der Waals surface area contributed by atoms with Crippen LogP contribution < -0.4 is 0 Å². The number of carbonyl (C=O) groups excluding carboxylic acids is 3. The summed E-state index contributed by atoms with van der Waals surface area (Å²) < 4.78 is 0. The summed E-state index contributed by atoms with van der Waals surface area (Å²) in [5.74, 6) is -0.740. The molecule has 0 unspecified atom stereocenters. The van der Waals surface area contributed by atoms with E-state index in [1.807, 2.05) is 6.92 Å². The van der Waals surface area contributed by atoms with Gasteiger partial charge in [0, 0.05) is 19.4 Å². The summed E-state index contributed by atoms with van der Waals surface area (Å²) in [4.78, 5) is 35.1. The zero-order chi connectivity index (χ0) is 10.7. The predicted octanol–water partition coefficient (Wildman–Crippen LogP) is 0.751. The Kier molecular flexibility index (Phi) is 3.38. The van der Waals surface area contributed by atoms with Crippen molar-refractivity contribution in [3.8, 4) is 0 Å². The molecule has 0 spiro atoms. The van der Waals surface area contributed by atoms with Crippen molar-refractivity contribution in [3.63, 3.8) is 0 Å². The van der Waals surface area contributed by atoms with E-state index >= 15 is 0 Å². The number of carbonyl (C=O) groups is 3. The molecule has 1 aliphatic heterocycles. The molecule has 1 aliphatic rings. The van der Waals surface area contributed by atoms with E-state index in [4.69, 9.17) is 0 Å². The highest BCUT2D eigenvalue weighted by Gasteiger charge is 2.38. The molecular weight excluding hydrogens is 182 g/mol. The Bertz CT molecular complexity index is 273. The maximum absolute atomic E-state index is 11.6. The van der Waals surface area contributed by atoms with Crippen LogP contribution in [0.1, 0.15) is 33.1 Å². The van der Waals surface area contributed by atoms with Crippen molar-refractivity contribution < 1.29 is 14.4 Å². The summed E-state index contributed by atoms with van der Waals surface area (Å²) in [6.07, 6.45) is 1.17. The quantitative estimate of drug-likeness (QED) is 0.625. The standard InChI is InChI=1S/C10H15NO3/c1-3-4-11-9(13)6-8(10(11)14)5-7(2)12/h8H,3-6H2,1-2H3/t8-/m0/s1. The van der Waals surface area contributed by atoms with Crippen LogP contribution in [-0.2, 0) is 14.4 Å². The normalized spacial score (nSPS) is 21.9. The van der Waals surface area contributed by atoms with Gasteiger partial charge in [-0.05, 0) is 13.3 Å². The van der Waals surface area contributed by atoms with Crippen LogP contribution in [-0.4, -0.2) is 29.0 Å². The summed E-state index contributed by atoms with van der Waals surface area (Å²) >= 11 is 0. The molecule has 1 atom stereocenters. The van der Waals surface area contributed by atoms with Crippen molar-refractivity contribution in [2.45, 2.75) is 33.1 Å². The first-order valence-electron chi connectivity index (χ1n) is 4.90. The van der Waals surface area contributed by atoms with E-state index in [0.29, 0.717) is 6.54 Å². The van der Waals surface area contributed by atoms with Gasteiger partial charge in [0.2, 0.25) is 11.8 Å². The Morgan fingerprint density at radius 1 is 1.50 bits per heavy atom. The summed E-state index contributed by atoms with van der Waals surface area (Å²) in [5, 5.41) is 0. The Hall–Kier alpha value is -1.19. The van der Waals surface area contributed by atoms with Crippen molar-refractivity contribution in [1.82, 2.24) is 4.90 Å². The Morgan fingerprint density at radius 3 is 2.64 bits per heavy atom. The molecule has 4 heteroatoms. The minimum atomic E-state index is -0.397. The molecule has 1 fully saturated rings. The van der Waals surface area contributed by atoms with E-state index in [-0.39, 0.29) is 30.4 Å². The smallest absolute Gasteiger partial charge is 0.233 e. The highest BCUT2D eigenvalue weighted by atomic mass is 16.2. The van der Waals surface area contributed by atoms with E-state index in [2.05, 4.69) is 0 Å². The van der Waals surface area contributed by atoms with Crippen molar-refractivity contribution in [3.05, 3.63) is 0 Å². The third-order valence-electron chi connectivity index (χ3n) is 2.32. The molecule has 78 valence electrons. The Morgan fingerprint density at radius 2 is 2.14 bits per heavy atom. The lowest BCUT2D eigenvalue weighted by atomic mass is 10.0. The second-order valence-corrected chi connectivity index (χ2v) is 3.69. The third kappa shape index (κ3) is 2.19. The second kappa shape index (κ2) is 4.35. The molecule has 0 saturated carbocycles. The Balaban J connectivity index is 2.64. The lowest BCUT2D eigenvalue weighted by Gasteiger charge is -2.12. The first-order valence-corrected chi connectivity index (χ1v) is 4.90. The van der Waals surface area contributed by atoms with Gasteiger partial charge in [0.15, 0.2) is 0 Å². The maximum atomic E-state index is 11.6. The molecule has 14 heavy (non-hydrogen) atoms. The molecule has 0 bridgehead atoms. The van der Waals surface area contributed by atoms with Crippen molar-refractivity contribution in [1.29, 1.82) is 0 Å². The van der Waals surface area contributed by atoms with Gasteiger partial charge in [-0.3, -0.25) is 14.5 Å². The number of imide groups is 1. The van der Waals surface area contributed by atoms with Crippen LogP contribution >= 0.6 is 0 Å². The number of likely N-dealkylation sites (tertiary alicyclic amines) is 1. The van der Waals surface area contributed by atoms with E-state index in [1.165, 1.54) is 11.8 Å². The largest absolute Gasteiger partial charge is 0.300 e. The average Bonchev–Trinajstić information content (AvgIpc) is 2.32. The Labute approximate surface area is 83.3 Å². The van der Waals surface area contributed by atoms with E-state index in [9.17, 15) is 14.4 Å². The lowest BCUT2D eigenvalue weighted by Crippen LogP contribution is -2.31. The third-order valence-corrected chi connectivity index (χ3v) is 2.32. The van der Waals surface area contributed by atoms with Crippen LogP contribution in [0.4, 0.5) is 0 Å². The minimum Gasteiger partial charge on any atom is -0.300 e. The van der Waals surface area contributed by atoms with Crippen LogP contribution in [0.5, 0.6) is 0 Å². The van der Waals surface area contributed by atoms with Crippen molar-refractivity contribution in [2.24, 2.45) is 5.92 Å². The number of hydrogen-bond acceptors (Lipinski definition) is 3. The van der Waals surface area contributed by atoms with Gasteiger partial charge < -0.3 is 4.79 Å². The van der Waals surface area contributed by atoms with Crippen LogP contribution in [0.2, 0.25) is 0 Å². The molecule has 2 amide bonds. The molecule has 1 heterocycles. The molecule has 1 saturated heterocycles. The number of nitrogens with zero attached hydrogens (tertiary/aromatic N) is 1. The summed E-state index contributed by atoms with van der Waals surface area (Å²) in [6.45, 7) is 3.84. The number of rotatable bonds is 4. The van der Waals surface area contributed by atoms with Crippen LogP contribution in [0.15, 0.2) is 0 Å². The van der Waals surface area contributed by atoms with E-state index in [1.54, 1.807) is 0 Å². The molecular formula is C10H15NO3. The average molecular weight is 197 g/mol. The van der Waals surface area contributed by atoms with Crippen LogP contribution in [0, 0.1) is 5.92 Å². The second-order valence-electron chi connectivity index (χ2n) is 3.69. The first-order chi connectivity index (χ1) is 6.56. The molecule has 0 aliphatic carbocycles. The highest BCUT2D eigenvalue weighted by Crippen LogP contribution is 2.22. The lowest BCUT2D eigenvalue weighted by molar-refractivity contribution is -0.140. The van der Waals surface area contributed by atoms with Gasteiger partial charge in [-0.15, -0.1) is 0 Å². The zero-order valence-electron chi connectivity index (χ0n) is 8.58. The van der Waals surface area contributed by atoms with E-state index in [0.717, 1.165) is 6.42 Å². The number of Topliss-reactive ketones (excluding diaryl/α,β-unsaturated/α-hetero) is 1. The highest BCUT2D eigenvalue weighted by molar-refractivity contribution is 6.04. The SMILES string of the molecule is CCCN1C(=O)C[C@H](CC(C)=O)C1=O. The molecule has 0 aromatic rings. The summed E-state index contributed by atoms with van der Waals surface area (Å²) in [5.41, 5.74) is 0. The molecule has 0 N–H and O–H groups in total. The molecule has 1 rings (SSSR count). The monoisotopic (exact) mass is 197 g/mol. The molecule has 0 aromatic carbocycles.